The molecule has 1 unspecified atom stereocenters. The van der Waals surface area contributed by atoms with Crippen LogP contribution in [0.3, 0.4) is 0 Å². The monoisotopic (exact) mass is 401 g/mol. The largest absolute Gasteiger partial charge is 0.379 e. The Balaban J connectivity index is 1.31. The second-order valence-electron chi connectivity index (χ2n) is 8.18. The first-order chi connectivity index (χ1) is 14.1. The van der Waals surface area contributed by atoms with Gasteiger partial charge in [-0.25, -0.2) is 0 Å². The number of para-hydroxylation sites is 1. The Hall–Kier alpha value is -1.96. The van der Waals surface area contributed by atoms with Crippen molar-refractivity contribution in [1.82, 2.24) is 9.80 Å². The van der Waals surface area contributed by atoms with Crippen molar-refractivity contribution in [3.05, 3.63) is 29.8 Å². The molecule has 3 fully saturated rings. The number of carbonyl (C=O) groups excluding carboxylic acids is 2. The van der Waals surface area contributed by atoms with E-state index in [-0.39, 0.29) is 23.8 Å². The van der Waals surface area contributed by atoms with E-state index in [2.05, 4.69) is 4.90 Å². The van der Waals surface area contributed by atoms with Crippen LogP contribution < -0.4 is 4.90 Å². The number of rotatable bonds is 7. The number of likely N-dealkylation sites (tertiary alicyclic amines) is 1. The smallest absolute Gasteiger partial charge is 0.256 e. The Kier molecular flexibility index (Phi) is 6.47. The number of morpholine rings is 1. The van der Waals surface area contributed by atoms with Crippen LogP contribution in [0.4, 0.5) is 5.69 Å². The molecule has 0 bridgehead atoms. The van der Waals surface area contributed by atoms with Gasteiger partial charge in [-0.3, -0.25) is 14.5 Å². The Morgan fingerprint density at radius 1 is 1.14 bits per heavy atom. The van der Waals surface area contributed by atoms with Crippen molar-refractivity contribution < 1.29 is 19.1 Å². The quantitative estimate of drug-likeness (QED) is 0.695. The minimum atomic E-state index is -0.0182. The van der Waals surface area contributed by atoms with E-state index in [1.165, 1.54) is 0 Å². The molecule has 2 saturated heterocycles. The van der Waals surface area contributed by atoms with Crippen LogP contribution in [0.25, 0.3) is 0 Å². The maximum absolute atomic E-state index is 13.2. The lowest BCUT2D eigenvalue weighted by Crippen LogP contribution is -2.39. The fourth-order valence-electron chi connectivity index (χ4n) is 4.06. The second kappa shape index (κ2) is 9.24. The topological polar surface area (TPSA) is 62.3 Å². The molecule has 4 rings (SSSR count). The molecule has 7 heteroatoms. The highest BCUT2D eigenvalue weighted by Gasteiger charge is 2.34. The molecule has 0 radical (unpaired) electrons. The zero-order valence-corrected chi connectivity index (χ0v) is 17.2. The number of hydrogen-bond donors (Lipinski definition) is 0. The summed E-state index contributed by atoms with van der Waals surface area (Å²) in [6.45, 7) is 6.40. The minimum Gasteiger partial charge on any atom is -0.379 e. The maximum Gasteiger partial charge on any atom is 0.256 e. The summed E-state index contributed by atoms with van der Waals surface area (Å²) in [7, 11) is 1.77. The predicted molar refractivity (Wildman–Crippen MR) is 110 cm³/mol. The predicted octanol–water partition coefficient (Wildman–Crippen LogP) is 1.62. The normalized spacial score (nSPS) is 22.7. The van der Waals surface area contributed by atoms with E-state index in [9.17, 15) is 9.59 Å². The zero-order chi connectivity index (χ0) is 20.2. The van der Waals surface area contributed by atoms with Gasteiger partial charge in [0.1, 0.15) is 0 Å². The maximum atomic E-state index is 13.2. The highest BCUT2D eigenvalue weighted by atomic mass is 16.5. The second-order valence-corrected chi connectivity index (χ2v) is 8.18. The Morgan fingerprint density at radius 2 is 1.90 bits per heavy atom. The first-order valence-electron chi connectivity index (χ1n) is 10.7. The van der Waals surface area contributed by atoms with Gasteiger partial charge in [-0.2, -0.15) is 0 Å². The molecule has 0 N–H and O–H groups in total. The summed E-state index contributed by atoms with van der Waals surface area (Å²) in [4.78, 5) is 31.5. The van der Waals surface area contributed by atoms with Crippen molar-refractivity contribution in [2.24, 2.45) is 5.92 Å². The summed E-state index contributed by atoms with van der Waals surface area (Å²) < 4.78 is 11.4. The van der Waals surface area contributed by atoms with E-state index in [4.69, 9.17) is 9.47 Å². The third-order valence-electron chi connectivity index (χ3n) is 6.05. The SMILES string of the molecule is CN(C(=O)C1CC1)c1ccccc1C(=O)N1CCC(OCCN2CCOCC2)C1. The number of carbonyl (C=O) groups is 2. The molecule has 1 aromatic rings. The van der Waals surface area contributed by atoms with Crippen LogP contribution in [-0.4, -0.2) is 87.3 Å². The first-order valence-corrected chi connectivity index (χ1v) is 10.7. The van der Waals surface area contributed by atoms with Crippen molar-refractivity contribution in [2.75, 3.05) is 64.5 Å². The van der Waals surface area contributed by atoms with Gasteiger partial charge in [0.15, 0.2) is 0 Å². The lowest BCUT2D eigenvalue weighted by Gasteiger charge is -2.27. The number of hydrogen-bond acceptors (Lipinski definition) is 5. The molecule has 2 aliphatic heterocycles. The fraction of sp³-hybridized carbons (Fsp3) is 0.636. The summed E-state index contributed by atoms with van der Waals surface area (Å²) >= 11 is 0. The number of amides is 2. The van der Waals surface area contributed by atoms with Crippen molar-refractivity contribution >= 4 is 17.5 Å². The molecular formula is C22H31N3O4. The molecule has 0 spiro atoms. The van der Waals surface area contributed by atoms with E-state index < -0.39 is 0 Å². The number of anilines is 1. The summed E-state index contributed by atoms with van der Waals surface area (Å²) in [6, 6.07) is 7.42. The highest BCUT2D eigenvalue weighted by molar-refractivity contribution is 6.05. The third kappa shape index (κ3) is 4.97. The van der Waals surface area contributed by atoms with Gasteiger partial charge in [0.05, 0.1) is 37.2 Å². The fourth-order valence-corrected chi connectivity index (χ4v) is 4.06. The number of ether oxygens (including phenoxy) is 2. The molecule has 7 nitrogen and oxygen atoms in total. The third-order valence-corrected chi connectivity index (χ3v) is 6.05. The van der Waals surface area contributed by atoms with E-state index in [1.54, 1.807) is 11.9 Å². The van der Waals surface area contributed by atoms with Gasteiger partial charge in [0, 0.05) is 45.7 Å². The van der Waals surface area contributed by atoms with Gasteiger partial charge in [-0.1, -0.05) is 12.1 Å². The number of benzene rings is 1. The molecular weight excluding hydrogens is 370 g/mol. The Labute approximate surface area is 172 Å². The van der Waals surface area contributed by atoms with Gasteiger partial charge in [-0.15, -0.1) is 0 Å². The molecule has 1 aromatic carbocycles. The van der Waals surface area contributed by atoms with Crippen LogP contribution in [0.15, 0.2) is 24.3 Å². The van der Waals surface area contributed by atoms with Crippen molar-refractivity contribution in [2.45, 2.75) is 25.4 Å². The summed E-state index contributed by atoms with van der Waals surface area (Å²) in [6.07, 6.45) is 2.84. The summed E-state index contributed by atoms with van der Waals surface area (Å²) in [5.41, 5.74) is 1.30. The molecule has 1 atom stereocenters. The van der Waals surface area contributed by atoms with Crippen molar-refractivity contribution in [1.29, 1.82) is 0 Å². The van der Waals surface area contributed by atoms with E-state index in [1.807, 2.05) is 29.2 Å². The lowest BCUT2D eigenvalue weighted by molar-refractivity contribution is -0.119. The average Bonchev–Trinajstić information content (AvgIpc) is 3.51. The zero-order valence-electron chi connectivity index (χ0n) is 17.2. The van der Waals surface area contributed by atoms with Crippen molar-refractivity contribution in [3.8, 4) is 0 Å². The van der Waals surface area contributed by atoms with Crippen molar-refractivity contribution in [3.63, 3.8) is 0 Å². The molecule has 3 aliphatic rings. The van der Waals surface area contributed by atoms with Gasteiger partial charge >= 0.3 is 0 Å². The van der Waals surface area contributed by atoms with Gasteiger partial charge in [-0.05, 0) is 31.4 Å². The molecule has 1 aliphatic carbocycles. The van der Waals surface area contributed by atoms with Crippen LogP contribution in [0.5, 0.6) is 0 Å². The minimum absolute atomic E-state index is 0.0182. The molecule has 1 saturated carbocycles. The average molecular weight is 402 g/mol. The van der Waals surface area contributed by atoms with Crippen LogP contribution in [-0.2, 0) is 14.3 Å². The van der Waals surface area contributed by atoms with E-state index >= 15 is 0 Å². The Bertz CT molecular complexity index is 731. The summed E-state index contributed by atoms with van der Waals surface area (Å²) in [5.74, 6) is 0.213. The van der Waals surface area contributed by atoms with Crippen LogP contribution in [0, 0.1) is 5.92 Å². The van der Waals surface area contributed by atoms with Crippen LogP contribution >= 0.6 is 0 Å². The van der Waals surface area contributed by atoms with E-state index in [0.29, 0.717) is 30.9 Å². The Morgan fingerprint density at radius 3 is 2.66 bits per heavy atom. The molecule has 0 aromatic heterocycles. The van der Waals surface area contributed by atoms with E-state index in [0.717, 1.165) is 52.1 Å². The van der Waals surface area contributed by atoms with Gasteiger partial charge in [0.2, 0.25) is 5.91 Å². The molecule has 29 heavy (non-hydrogen) atoms. The highest BCUT2D eigenvalue weighted by Crippen LogP contribution is 2.33. The van der Waals surface area contributed by atoms with Gasteiger partial charge in [0.25, 0.3) is 5.91 Å². The lowest BCUT2D eigenvalue weighted by atomic mass is 10.1. The van der Waals surface area contributed by atoms with Gasteiger partial charge < -0.3 is 19.3 Å². The number of nitrogens with zero attached hydrogens (tertiary/aromatic N) is 3. The van der Waals surface area contributed by atoms with Crippen LogP contribution in [0.1, 0.15) is 29.6 Å². The molecule has 158 valence electrons. The summed E-state index contributed by atoms with van der Waals surface area (Å²) in [5, 5.41) is 0. The standard InChI is InChI=1S/C22H31N3O4/c1-23(21(26)17-6-7-17)20-5-3-2-4-19(20)22(27)25-9-8-18(16-25)29-15-12-24-10-13-28-14-11-24/h2-5,17-18H,6-16H2,1H3. The first kappa shape index (κ1) is 20.3. The molecule has 2 amide bonds. The van der Waals surface area contributed by atoms with Crippen LogP contribution in [0.2, 0.25) is 0 Å². The molecule has 2 heterocycles.